The predicted molar refractivity (Wildman–Crippen MR) is 267 cm³/mol. The Morgan fingerprint density at radius 3 is 1.22 bits per heavy atom. The molecular formula is C55H107NO8. The zero-order chi connectivity index (χ0) is 46.6. The smallest absolute Gasteiger partial charge is 0.220 e. The van der Waals surface area contributed by atoms with Crippen LogP contribution >= 0.6 is 0 Å². The normalized spacial score (nSPS) is 20.0. The molecule has 1 rings (SSSR count). The van der Waals surface area contributed by atoms with Crippen LogP contribution in [0, 0.1) is 0 Å². The summed E-state index contributed by atoms with van der Waals surface area (Å²) in [6.45, 7) is 3.81. The van der Waals surface area contributed by atoms with E-state index in [4.69, 9.17) is 9.47 Å². The minimum Gasteiger partial charge on any atom is -0.394 e. The van der Waals surface area contributed by atoms with Crippen LogP contribution in [0.2, 0.25) is 0 Å². The number of unbranched alkanes of at least 4 members (excludes halogenated alkanes) is 38. The average molecular weight is 910 g/mol. The Labute approximate surface area is 395 Å². The van der Waals surface area contributed by atoms with E-state index in [1.54, 1.807) is 6.08 Å². The summed E-state index contributed by atoms with van der Waals surface area (Å²) in [6.07, 6.45) is 48.5. The number of aliphatic hydroxyl groups is 5. The Hall–Kier alpha value is -1.07. The summed E-state index contributed by atoms with van der Waals surface area (Å²) < 4.78 is 11.3. The third-order valence-electron chi connectivity index (χ3n) is 13.6. The van der Waals surface area contributed by atoms with Crippen molar-refractivity contribution in [2.24, 2.45) is 0 Å². The first kappa shape index (κ1) is 60.9. The molecule has 64 heavy (non-hydrogen) atoms. The van der Waals surface area contributed by atoms with E-state index in [0.29, 0.717) is 6.42 Å². The number of ether oxygens (including phenoxy) is 2. The van der Waals surface area contributed by atoms with Gasteiger partial charge in [-0.3, -0.25) is 4.79 Å². The third-order valence-corrected chi connectivity index (χ3v) is 13.6. The van der Waals surface area contributed by atoms with Crippen LogP contribution in [-0.2, 0) is 14.3 Å². The van der Waals surface area contributed by atoms with E-state index in [0.717, 1.165) is 38.5 Å². The van der Waals surface area contributed by atoms with E-state index in [1.807, 2.05) is 6.08 Å². The SMILES string of the molecule is CCCCCCCCCCCCCCCCCCCCCCCCCC/C=C/C(O)C(COC1OC(CO)C(O)C(O)C1O)NC(=O)CCCCCCCCCCCCCCCCC. The molecule has 0 aliphatic carbocycles. The highest BCUT2D eigenvalue weighted by Gasteiger charge is 2.44. The summed E-state index contributed by atoms with van der Waals surface area (Å²) in [4.78, 5) is 13.0. The van der Waals surface area contributed by atoms with Gasteiger partial charge in [0.15, 0.2) is 6.29 Å². The molecular weight excluding hydrogens is 803 g/mol. The van der Waals surface area contributed by atoms with Gasteiger partial charge < -0.3 is 40.3 Å². The van der Waals surface area contributed by atoms with Gasteiger partial charge in [0, 0.05) is 6.42 Å². The van der Waals surface area contributed by atoms with Gasteiger partial charge in [-0.05, 0) is 19.3 Å². The molecule has 0 radical (unpaired) electrons. The Balaban J connectivity index is 2.21. The van der Waals surface area contributed by atoms with Gasteiger partial charge in [-0.1, -0.05) is 264 Å². The molecule has 6 N–H and O–H groups in total. The van der Waals surface area contributed by atoms with Gasteiger partial charge in [0.1, 0.15) is 24.4 Å². The van der Waals surface area contributed by atoms with Gasteiger partial charge in [-0.2, -0.15) is 0 Å². The van der Waals surface area contributed by atoms with Crippen molar-refractivity contribution in [3.05, 3.63) is 12.2 Å². The van der Waals surface area contributed by atoms with E-state index < -0.39 is 49.5 Å². The number of carbonyl (C=O) groups is 1. The molecule has 0 bridgehead atoms. The lowest BCUT2D eigenvalue weighted by atomic mass is 9.99. The fourth-order valence-electron chi connectivity index (χ4n) is 9.16. The van der Waals surface area contributed by atoms with Gasteiger partial charge >= 0.3 is 0 Å². The van der Waals surface area contributed by atoms with Crippen LogP contribution in [-0.4, -0.2) is 87.5 Å². The van der Waals surface area contributed by atoms with Crippen molar-refractivity contribution in [1.82, 2.24) is 5.32 Å². The molecule has 1 aliphatic rings. The maximum Gasteiger partial charge on any atom is 0.220 e. The van der Waals surface area contributed by atoms with Crippen molar-refractivity contribution in [3.8, 4) is 0 Å². The third kappa shape index (κ3) is 35.1. The number of amides is 1. The molecule has 0 aromatic carbocycles. The molecule has 1 saturated heterocycles. The Kier molecular flexibility index (Phi) is 43.5. The number of hydrogen-bond donors (Lipinski definition) is 6. The quantitative estimate of drug-likeness (QED) is 0.0261. The highest BCUT2D eigenvalue weighted by molar-refractivity contribution is 5.76. The van der Waals surface area contributed by atoms with Gasteiger partial charge in [0.25, 0.3) is 0 Å². The van der Waals surface area contributed by atoms with Gasteiger partial charge in [0.05, 0.1) is 25.4 Å². The minimum atomic E-state index is -1.56. The minimum absolute atomic E-state index is 0.172. The van der Waals surface area contributed by atoms with Crippen molar-refractivity contribution in [2.45, 2.75) is 320 Å². The molecule has 380 valence electrons. The second-order valence-electron chi connectivity index (χ2n) is 19.7. The summed E-state index contributed by atoms with van der Waals surface area (Å²) >= 11 is 0. The highest BCUT2D eigenvalue weighted by Crippen LogP contribution is 2.23. The molecule has 1 heterocycles. The molecule has 0 saturated carbocycles. The molecule has 7 atom stereocenters. The van der Waals surface area contributed by atoms with Crippen molar-refractivity contribution in [3.63, 3.8) is 0 Å². The van der Waals surface area contributed by atoms with Crippen molar-refractivity contribution < 1.29 is 39.8 Å². The number of hydrogen-bond acceptors (Lipinski definition) is 8. The van der Waals surface area contributed by atoms with Crippen LogP contribution in [0.25, 0.3) is 0 Å². The fraction of sp³-hybridized carbons (Fsp3) is 0.945. The molecule has 7 unspecified atom stereocenters. The van der Waals surface area contributed by atoms with Gasteiger partial charge in [-0.15, -0.1) is 0 Å². The number of allylic oxidation sites excluding steroid dienone is 1. The standard InChI is InChI=1S/C55H107NO8/c1-3-5-7-9-11-13-15-17-19-20-21-22-23-24-25-26-27-28-29-31-32-34-36-38-40-42-44-49(58)48(47-63-55-54(62)53(61)52(60)50(46-57)64-55)56-51(59)45-43-41-39-37-35-33-30-18-16-14-12-10-8-6-4-2/h42,44,48-50,52-55,57-58,60-62H,3-41,43,45-47H2,1-2H3,(H,56,59)/b44-42+. The van der Waals surface area contributed by atoms with Crippen LogP contribution in [0.3, 0.4) is 0 Å². The first-order valence-electron chi connectivity index (χ1n) is 27.9. The average Bonchev–Trinajstić information content (AvgIpc) is 3.29. The van der Waals surface area contributed by atoms with Crippen LogP contribution in [0.1, 0.15) is 277 Å². The number of carbonyl (C=O) groups excluding carboxylic acids is 1. The number of rotatable bonds is 48. The summed E-state index contributed by atoms with van der Waals surface area (Å²) in [5, 5.41) is 54.4. The largest absolute Gasteiger partial charge is 0.394 e. The molecule has 0 aromatic rings. The van der Waals surface area contributed by atoms with E-state index in [-0.39, 0.29) is 12.5 Å². The Morgan fingerprint density at radius 1 is 0.516 bits per heavy atom. The summed E-state index contributed by atoms with van der Waals surface area (Å²) in [5.41, 5.74) is 0. The lowest BCUT2D eigenvalue weighted by molar-refractivity contribution is -0.302. The fourth-order valence-corrected chi connectivity index (χ4v) is 9.16. The molecule has 0 aromatic heterocycles. The first-order chi connectivity index (χ1) is 31.3. The van der Waals surface area contributed by atoms with Crippen LogP contribution in [0.5, 0.6) is 0 Å². The first-order valence-corrected chi connectivity index (χ1v) is 27.9. The Morgan fingerprint density at radius 2 is 0.859 bits per heavy atom. The highest BCUT2D eigenvalue weighted by atomic mass is 16.7. The Bertz CT molecular complexity index is 1010. The summed E-state index contributed by atoms with van der Waals surface area (Å²) in [5.74, 6) is -0.172. The second kappa shape index (κ2) is 45.7. The lowest BCUT2D eigenvalue weighted by Gasteiger charge is -2.40. The second-order valence-corrected chi connectivity index (χ2v) is 19.7. The number of nitrogens with one attached hydrogen (secondary N) is 1. The predicted octanol–water partition coefficient (Wildman–Crippen LogP) is 13.2. The van der Waals surface area contributed by atoms with E-state index in [1.165, 1.54) is 218 Å². The van der Waals surface area contributed by atoms with Gasteiger partial charge in [0.2, 0.25) is 5.91 Å². The van der Waals surface area contributed by atoms with Crippen molar-refractivity contribution in [1.29, 1.82) is 0 Å². The van der Waals surface area contributed by atoms with Crippen LogP contribution in [0.4, 0.5) is 0 Å². The maximum atomic E-state index is 13.0. The van der Waals surface area contributed by atoms with E-state index in [9.17, 15) is 30.3 Å². The summed E-state index contributed by atoms with van der Waals surface area (Å²) in [6, 6.07) is -0.799. The van der Waals surface area contributed by atoms with E-state index in [2.05, 4.69) is 19.2 Å². The van der Waals surface area contributed by atoms with Crippen LogP contribution < -0.4 is 5.32 Å². The van der Waals surface area contributed by atoms with Gasteiger partial charge in [-0.25, -0.2) is 0 Å². The molecule has 9 nitrogen and oxygen atoms in total. The molecule has 9 heteroatoms. The number of aliphatic hydroxyl groups excluding tert-OH is 5. The maximum absolute atomic E-state index is 13.0. The van der Waals surface area contributed by atoms with Crippen LogP contribution in [0.15, 0.2) is 12.2 Å². The topological polar surface area (TPSA) is 149 Å². The molecule has 1 fully saturated rings. The van der Waals surface area contributed by atoms with E-state index >= 15 is 0 Å². The zero-order valence-corrected chi connectivity index (χ0v) is 42.1. The van der Waals surface area contributed by atoms with Crippen molar-refractivity contribution in [2.75, 3.05) is 13.2 Å². The monoisotopic (exact) mass is 910 g/mol. The summed E-state index contributed by atoms with van der Waals surface area (Å²) in [7, 11) is 0. The zero-order valence-electron chi connectivity index (χ0n) is 42.1. The lowest BCUT2D eigenvalue weighted by Crippen LogP contribution is -2.60. The molecule has 0 spiro atoms. The molecule has 1 aliphatic heterocycles. The van der Waals surface area contributed by atoms with Crippen molar-refractivity contribution >= 4 is 5.91 Å². The molecule has 1 amide bonds.